The third kappa shape index (κ3) is 6.46. The molecule has 4 N–H and O–H groups in total. The van der Waals surface area contributed by atoms with Crippen LogP contribution in [-0.2, 0) is 11.2 Å². The van der Waals surface area contributed by atoms with Gasteiger partial charge in [-0.3, -0.25) is 9.59 Å². The van der Waals surface area contributed by atoms with E-state index in [4.69, 9.17) is 4.42 Å². The van der Waals surface area contributed by atoms with Gasteiger partial charge in [0.2, 0.25) is 5.91 Å². The number of urea groups is 1. The number of carbonyl (C=O) groups is 3. The first-order valence-electron chi connectivity index (χ1n) is 9.89. The highest BCUT2D eigenvalue weighted by Crippen LogP contribution is 2.16. The number of nitrogens with one attached hydrogen (secondary N) is 4. The molecule has 4 amide bonds. The SMILES string of the molecule is CCNC(=O)Nc1cccc(NC(=O)C(Cc2ccccc2)NC(=O)c2ccco2)c1. The van der Waals surface area contributed by atoms with Crippen molar-refractivity contribution in [2.75, 3.05) is 17.2 Å². The van der Waals surface area contributed by atoms with E-state index in [0.29, 0.717) is 24.3 Å². The Labute approximate surface area is 180 Å². The standard InChI is InChI=1S/C23H24N4O4/c1-2-24-23(30)26-18-11-6-10-17(15-18)25-21(28)19(14-16-8-4-3-5-9-16)27-22(29)20-12-7-13-31-20/h3-13,15,19H,2,14H2,1H3,(H,25,28)(H,27,29)(H2,24,26,30). The quantitative estimate of drug-likeness (QED) is 0.447. The highest BCUT2D eigenvalue weighted by atomic mass is 16.3. The molecule has 8 nitrogen and oxygen atoms in total. The van der Waals surface area contributed by atoms with Crippen molar-refractivity contribution in [3.63, 3.8) is 0 Å². The second-order valence-electron chi connectivity index (χ2n) is 6.75. The Morgan fingerprint density at radius 1 is 0.903 bits per heavy atom. The van der Waals surface area contributed by atoms with Crippen LogP contribution in [0.15, 0.2) is 77.4 Å². The molecule has 1 heterocycles. The monoisotopic (exact) mass is 420 g/mol. The van der Waals surface area contributed by atoms with Crippen molar-refractivity contribution in [2.45, 2.75) is 19.4 Å². The number of amides is 4. The van der Waals surface area contributed by atoms with Crippen LogP contribution in [0.5, 0.6) is 0 Å². The summed E-state index contributed by atoms with van der Waals surface area (Å²) in [6.07, 6.45) is 1.70. The molecule has 1 atom stereocenters. The second kappa shape index (κ2) is 10.6. The fourth-order valence-electron chi connectivity index (χ4n) is 2.94. The average Bonchev–Trinajstić information content (AvgIpc) is 3.29. The van der Waals surface area contributed by atoms with E-state index in [1.165, 1.54) is 12.3 Å². The molecule has 3 aromatic rings. The summed E-state index contributed by atoms with van der Waals surface area (Å²) in [4.78, 5) is 37.2. The van der Waals surface area contributed by atoms with Gasteiger partial charge in [0.05, 0.1) is 6.26 Å². The molecular weight excluding hydrogens is 396 g/mol. The molecule has 0 aliphatic rings. The van der Waals surface area contributed by atoms with E-state index in [1.807, 2.05) is 37.3 Å². The summed E-state index contributed by atoms with van der Waals surface area (Å²) >= 11 is 0. The lowest BCUT2D eigenvalue weighted by atomic mass is 10.0. The summed E-state index contributed by atoms with van der Waals surface area (Å²) in [5.74, 6) is -0.745. The molecule has 0 bridgehead atoms. The van der Waals surface area contributed by atoms with Crippen LogP contribution in [0, 0.1) is 0 Å². The van der Waals surface area contributed by atoms with Crippen molar-refractivity contribution in [2.24, 2.45) is 0 Å². The van der Waals surface area contributed by atoms with Crippen LogP contribution in [0.4, 0.5) is 16.2 Å². The largest absolute Gasteiger partial charge is 0.459 e. The number of benzene rings is 2. The van der Waals surface area contributed by atoms with Crippen LogP contribution in [0.1, 0.15) is 23.0 Å². The van der Waals surface area contributed by atoms with E-state index in [0.717, 1.165) is 5.56 Å². The van der Waals surface area contributed by atoms with E-state index in [1.54, 1.807) is 30.3 Å². The van der Waals surface area contributed by atoms with E-state index in [2.05, 4.69) is 21.3 Å². The minimum Gasteiger partial charge on any atom is -0.459 e. The minimum atomic E-state index is -0.833. The van der Waals surface area contributed by atoms with Gasteiger partial charge >= 0.3 is 6.03 Å². The van der Waals surface area contributed by atoms with Crippen LogP contribution >= 0.6 is 0 Å². The van der Waals surface area contributed by atoms with Crippen molar-refractivity contribution >= 4 is 29.2 Å². The molecule has 8 heteroatoms. The zero-order valence-electron chi connectivity index (χ0n) is 17.1. The Kier molecular flexibility index (Phi) is 7.42. The van der Waals surface area contributed by atoms with Gasteiger partial charge in [0.25, 0.3) is 5.91 Å². The Morgan fingerprint density at radius 2 is 1.65 bits per heavy atom. The van der Waals surface area contributed by atoms with Crippen molar-refractivity contribution in [3.05, 3.63) is 84.3 Å². The highest BCUT2D eigenvalue weighted by molar-refractivity contribution is 6.00. The molecule has 0 saturated carbocycles. The van der Waals surface area contributed by atoms with Crippen LogP contribution in [-0.4, -0.2) is 30.4 Å². The van der Waals surface area contributed by atoms with Gasteiger partial charge in [0.1, 0.15) is 6.04 Å². The van der Waals surface area contributed by atoms with E-state index in [9.17, 15) is 14.4 Å². The Bertz CT molecular complexity index is 1020. The molecule has 2 aromatic carbocycles. The van der Waals surface area contributed by atoms with Crippen LogP contribution in [0.2, 0.25) is 0 Å². The molecule has 1 unspecified atom stereocenters. The lowest BCUT2D eigenvalue weighted by Gasteiger charge is -2.18. The molecule has 0 saturated heterocycles. The summed E-state index contributed by atoms with van der Waals surface area (Å²) in [6.45, 7) is 2.32. The van der Waals surface area contributed by atoms with Crippen LogP contribution in [0.25, 0.3) is 0 Å². The first kappa shape index (κ1) is 21.6. The maximum Gasteiger partial charge on any atom is 0.319 e. The molecule has 1 aromatic heterocycles. The number of furan rings is 1. The van der Waals surface area contributed by atoms with Gasteiger partial charge in [-0.25, -0.2) is 4.79 Å². The molecule has 0 aliphatic carbocycles. The molecule has 0 fully saturated rings. The van der Waals surface area contributed by atoms with Crippen LogP contribution < -0.4 is 21.3 Å². The molecule has 0 radical (unpaired) electrons. The first-order chi connectivity index (χ1) is 15.0. The summed E-state index contributed by atoms with van der Waals surface area (Å²) in [5, 5.41) is 10.9. The minimum absolute atomic E-state index is 0.124. The summed E-state index contributed by atoms with van der Waals surface area (Å²) < 4.78 is 5.13. The summed E-state index contributed by atoms with van der Waals surface area (Å²) in [6, 6.07) is 18.1. The zero-order valence-corrected chi connectivity index (χ0v) is 17.1. The molecule has 160 valence electrons. The maximum absolute atomic E-state index is 13.0. The highest BCUT2D eigenvalue weighted by Gasteiger charge is 2.23. The van der Waals surface area contributed by atoms with Gasteiger partial charge in [-0.05, 0) is 42.8 Å². The zero-order chi connectivity index (χ0) is 22.1. The predicted molar refractivity (Wildman–Crippen MR) is 118 cm³/mol. The van der Waals surface area contributed by atoms with Gasteiger partial charge in [0.15, 0.2) is 5.76 Å². The lowest BCUT2D eigenvalue weighted by Crippen LogP contribution is -2.45. The van der Waals surface area contributed by atoms with Crippen molar-refractivity contribution in [3.8, 4) is 0 Å². The normalized spacial score (nSPS) is 11.3. The topological polar surface area (TPSA) is 112 Å². The lowest BCUT2D eigenvalue weighted by molar-refractivity contribution is -0.118. The summed E-state index contributed by atoms with van der Waals surface area (Å²) in [5.41, 5.74) is 1.92. The first-order valence-corrected chi connectivity index (χ1v) is 9.89. The predicted octanol–water partition coefficient (Wildman–Crippen LogP) is 3.40. The van der Waals surface area contributed by atoms with E-state index < -0.39 is 11.9 Å². The molecule has 31 heavy (non-hydrogen) atoms. The fraction of sp³-hybridized carbons (Fsp3) is 0.174. The third-order valence-electron chi connectivity index (χ3n) is 4.37. The van der Waals surface area contributed by atoms with Gasteiger partial charge in [-0.15, -0.1) is 0 Å². The van der Waals surface area contributed by atoms with Gasteiger partial charge in [-0.2, -0.15) is 0 Å². The number of rotatable bonds is 8. The van der Waals surface area contributed by atoms with Gasteiger partial charge in [-0.1, -0.05) is 36.4 Å². The number of hydrogen-bond donors (Lipinski definition) is 4. The molecule has 0 aliphatic heterocycles. The molecule has 0 spiro atoms. The van der Waals surface area contributed by atoms with E-state index in [-0.39, 0.29) is 17.7 Å². The number of hydrogen-bond acceptors (Lipinski definition) is 4. The fourth-order valence-corrected chi connectivity index (χ4v) is 2.94. The Morgan fingerprint density at radius 3 is 2.32 bits per heavy atom. The van der Waals surface area contributed by atoms with E-state index >= 15 is 0 Å². The third-order valence-corrected chi connectivity index (χ3v) is 4.37. The summed E-state index contributed by atoms with van der Waals surface area (Å²) in [7, 11) is 0. The van der Waals surface area contributed by atoms with Gasteiger partial charge in [0, 0.05) is 24.3 Å². The smallest absolute Gasteiger partial charge is 0.319 e. The number of anilines is 2. The Hall–Kier alpha value is -4.07. The second-order valence-corrected chi connectivity index (χ2v) is 6.75. The van der Waals surface area contributed by atoms with Crippen molar-refractivity contribution in [1.82, 2.24) is 10.6 Å². The van der Waals surface area contributed by atoms with Crippen molar-refractivity contribution in [1.29, 1.82) is 0 Å². The average molecular weight is 420 g/mol. The maximum atomic E-state index is 13.0. The molecule has 3 rings (SSSR count). The number of carbonyl (C=O) groups excluding carboxylic acids is 3. The van der Waals surface area contributed by atoms with Crippen molar-refractivity contribution < 1.29 is 18.8 Å². The molecular formula is C23H24N4O4. The Balaban J connectivity index is 1.73. The van der Waals surface area contributed by atoms with Gasteiger partial charge < -0.3 is 25.7 Å². The van der Waals surface area contributed by atoms with Crippen LogP contribution in [0.3, 0.4) is 0 Å².